The van der Waals surface area contributed by atoms with Crippen LogP contribution in [0.1, 0.15) is 5.69 Å². The van der Waals surface area contributed by atoms with Crippen LogP contribution in [0.2, 0.25) is 4.47 Å². The Kier molecular flexibility index (Phi) is 3.15. The van der Waals surface area contributed by atoms with E-state index in [4.69, 9.17) is 11.6 Å². The lowest BCUT2D eigenvalue weighted by Gasteiger charge is -2.02. The highest BCUT2D eigenvalue weighted by molar-refractivity contribution is 7.94. The number of nitrogens with zero attached hydrogens (tertiary/aromatic N) is 2. The van der Waals surface area contributed by atoms with Crippen molar-refractivity contribution in [2.45, 2.75) is 11.1 Å². The largest absolute Gasteiger partial charge is 0.323 e. The number of aromatic amines is 1. The quantitative estimate of drug-likeness (QED) is 0.773. The van der Waals surface area contributed by atoms with E-state index in [1.165, 1.54) is 0 Å². The molecule has 0 saturated heterocycles. The van der Waals surface area contributed by atoms with E-state index in [1.54, 1.807) is 13.0 Å². The molecule has 0 aliphatic heterocycles. The number of aromatic nitrogens is 3. The molecule has 0 aliphatic carbocycles. The maximum Gasteiger partial charge on any atom is 0.275 e. The molecule has 9 heteroatoms. The minimum absolute atomic E-state index is 0.0861. The normalized spacial score (nSPS) is 11.9. The Morgan fingerprint density at radius 1 is 1.30 bits per heavy atom. The first-order chi connectivity index (χ1) is 9.45. The van der Waals surface area contributed by atoms with Crippen molar-refractivity contribution in [2.24, 2.45) is 0 Å². The van der Waals surface area contributed by atoms with Crippen LogP contribution in [0.3, 0.4) is 0 Å². The van der Waals surface area contributed by atoms with Crippen molar-refractivity contribution in [3.05, 3.63) is 34.4 Å². The summed E-state index contributed by atoms with van der Waals surface area (Å²) in [6, 6.07) is 7.27. The van der Waals surface area contributed by atoms with Crippen LogP contribution < -0.4 is 4.72 Å². The monoisotopic (exact) mass is 328 g/mol. The minimum atomic E-state index is -3.74. The number of hydrogen-bond acceptors (Lipinski definition) is 5. The van der Waals surface area contributed by atoms with Crippen molar-refractivity contribution < 1.29 is 8.42 Å². The number of rotatable bonds is 3. The van der Waals surface area contributed by atoms with Gasteiger partial charge in [-0.2, -0.15) is 0 Å². The molecule has 0 fully saturated rings. The van der Waals surface area contributed by atoms with Gasteiger partial charge < -0.3 is 4.98 Å². The van der Waals surface area contributed by atoms with Gasteiger partial charge in [0.1, 0.15) is 0 Å². The number of imidazole rings is 1. The van der Waals surface area contributed by atoms with Crippen molar-refractivity contribution in [3.63, 3.8) is 0 Å². The van der Waals surface area contributed by atoms with E-state index in [0.29, 0.717) is 11.2 Å². The van der Waals surface area contributed by atoms with E-state index in [1.807, 2.05) is 18.2 Å². The van der Waals surface area contributed by atoms with Crippen molar-refractivity contribution in [1.29, 1.82) is 0 Å². The fraction of sp³-hybridized carbons (Fsp3) is 0.0909. The van der Waals surface area contributed by atoms with Crippen LogP contribution in [0.4, 0.5) is 5.95 Å². The highest BCUT2D eigenvalue weighted by Crippen LogP contribution is 2.28. The molecule has 2 heterocycles. The standard InChI is InChI=1S/C11H9ClN4O2S2/c1-6-9(19-10(12)13-6)20(17,18)16-11-14-7-4-2-3-5-8(7)15-11/h2-5H,1H3,(H2,14,15,16). The number of hydrogen-bond donors (Lipinski definition) is 2. The number of anilines is 1. The van der Waals surface area contributed by atoms with Gasteiger partial charge in [-0.15, -0.1) is 0 Å². The summed E-state index contributed by atoms with van der Waals surface area (Å²) in [7, 11) is -3.74. The van der Waals surface area contributed by atoms with Crippen LogP contribution in [0.15, 0.2) is 28.5 Å². The van der Waals surface area contributed by atoms with Gasteiger partial charge in [0.05, 0.1) is 16.7 Å². The predicted molar refractivity (Wildman–Crippen MR) is 78.8 cm³/mol. The molecule has 0 aliphatic rings. The second-order valence-corrected chi connectivity index (χ2v) is 7.51. The molecule has 20 heavy (non-hydrogen) atoms. The van der Waals surface area contributed by atoms with Gasteiger partial charge >= 0.3 is 0 Å². The lowest BCUT2D eigenvalue weighted by atomic mass is 10.3. The summed E-state index contributed by atoms with van der Waals surface area (Å²) >= 11 is 6.64. The molecule has 0 amide bonds. The highest BCUT2D eigenvalue weighted by Gasteiger charge is 2.22. The summed E-state index contributed by atoms with van der Waals surface area (Å²) < 4.78 is 27.2. The molecule has 0 bridgehead atoms. The molecule has 1 aromatic carbocycles. The maximum absolute atomic E-state index is 12.3. The Bertz CT molecular complexity index is 852. The Labute approximate surface area is 123 Å². The number of benzene rings is 1. The molecule has 6 nitrogen and oxygen atoms in total. The van der Waals surface area contributed by atoms with E-state index in [-0.39, 0.29) is 14.6 Å². The van der Waals surface area contributed by atoms with E-state index < -0.39 is 10.0 Å². The second-order valence-electron chi connectivity index (χ2n) is 4.05. The molecule has 0 unspecified atom stereocenters. The SMILES string of the molecule is Cc1nc(Cl)sc1S(=O)(=O)Nc1nc2ccccc2[nH]1. The van der Waals surface area contributed by atoms with Gasteiger partial charge in [-0.05, 0) is 19.1 Å². The first kappa shape index (κ1) is 13.3. The Hall–Kier alpha value is -1.64. The number of para-hydroxylation sites is 2. The predicted octanol–water partition coefficient (Wildman–Crippen LogP) is 2.78. The van der Waals surface area contributed by atoms with Gasteiger partial charge in [-0.3, -0.25) is 0 Å². The highest BCUT2D eigenvalue weighted by atomic mass is 35.5. The van der Waals surface area contributed by atoms with Crippen molar-refractivity contribution in [1.82, 2.24) is 15.0 Å². The summed E-state index contributed by atoms with van der Waals surface area (Å²) in [6.07, 6.45) is 0. The molecule has 0 atom stereocenters. The van der Waals surface area contributed by atoms with E-state index in [0.717, 1.165) is 16.9 Å². The summed E-state index contributed by atoms with van der Waals surface area (Å²) in [5.41, 5.74) is 1.80. The number of H-pyrrole nitrogens is 1. The average Bonchev–Trinajstić information content (AvgIpc) is 2.91. The number of fused-ring (bicyclic) bond motifs is 1. The van der Waals surface area contributed by atoms with Crippen molar-refractivity contribution in [2.75, 3.05) is 4.72 Å². The minimum Gasteiger partial charge on any atom is -0.323 e. The third-order valence-electron chi connectivity index (χ3n) is 2.59. The third-order valence-corrected chi connectivity index (χ3v) is 5.80. The fourth-order valence-corrected chi connectivity index (χ4v) is 4.48. The van der Waals surface area contributed by atoms with Crippen LogP contribution >= 0.6 is 22.9 Å². The number of halogens is 1. The maximum atomic E-state index is 12.3. The van der Waals surface area contributed by atoms with Gasteiger partial charge in [0.2, 0.25) is 5.95 Å². The number of nitrogens with one attached hydrogen (secondary N) is 2. The molecule has 0 radical (unpaired) electrons. The number of thiazole rings is 1. The third kappa shape index (κ3) is 2.37. The summed E-state index contributed by atoms with van der Waals surface area (Å²) in [4.78, 5) is 11.0. The van der Waals surface area contributed by atoms with Crippen molar-refractivity contribution in [3.8, 4) is 0 Å². The summed E-state index contributed by atoms with van der Waals surface area (Å²) in [6.45, 7) is 1.59. The second kappa shape index (κ2) is 4.72. The average molecular weight is 329 g/mol. The van der Waals surface area contributed by atoms with E-state index in [2.05, 4.69) is 19.7 Å². The number of sulfonamides is 1. The first-order valence-corrected chi connectivity index (χ1v) is 8.24. The Morgan fingerprint density at radius 3 is 2.70 bits per heavy atom. The van der Waals surface area contributed by atoms with Crippen LogP contribution in [0.5, 0.6) is 0 Å². The van der Waals surface area contributed by atoms with Crippen LogP contribution in [0.25, 0.3) is 11.0 Å². The Balaban J connectivity index is 1.99. The van der Waals surface area contributed by atoms with Crippen molar-refractivity contribution >= 4 is 49.9 Å². The fourth-order valence-electron chi connectivity index (χ4n) is 1.77. The van der Waals surface area contributed by atoms with Gasteiger partial charge in [0.25, 0.3) is 10.0 Å². The van der Waals surface area contributed by atoms with Gasteiger partial charge in [-0.1, -0.05) is 35.1 Å². The smallest absolute Gasteiger partial charge is 0.275 e. The zero-order valence-corrected chi connectivity index (χ0v) is 12.6. The van der Waals surface area contributed by atoms with Gasteiger partial charge in [0, 0.05) is 0 Å². The van der Waals surface area contributed by atoms with Crippen LogP contribution in [0, 0.1) is 6.92 Å². The zero-order chi connectivity index (χ0) is 14.3. The van der Waals surface area contributed by atoms with Gasteiger partial charge in [0.15, 0.2) is 8.68 Å². The zero-order valence-electron chi connectivity index (χ0n) is 10.2. The van der Waals surface area contributed by atoms with E-state index >= 15 is 0 Å². The van der Waals surface area contributed by atoms with E-state index in [9.17, 15) is 8.42 Å². The van der Waals surface area contributed by atoms with Gasteiger partial charge in [-0.25, -0.2) is 23.1 Å². The molecular weight excluding hydrogens is 320 g/mol. The molecule has 2 N–H and O–H groups in total. The lowest BCUT2D eigenvalue weighted by Crippen LogP contribution is -2.13. The van der Waals surface area contributed by atoms with Crippen LogP contribution in [-0.2, 0) is 10.0 Å². The summed E-state index contributed by atoms with van der Waals surface area (Å²) in [5.74, 6) is 0.162. The molecule has 3 rings (SSSR count). The topological polar surface area (TPSA) is 87.7 Å². The molecule has 0 spiro atoms. The first-order valence-electron chi connectivity index (χ1n) is 5.56. The lowest BCUT2D eigenvalue weighted by molar-refractivity contribution is 0.602. The number of aryl methyl sites for hydroxylation is 1. The molecule has 104 valence electrons. The van der Waals surface area contributed by atoms with Crippen LogP contribution in [-0.4, -0.2) is 23.4 Å². The molecule has 2 aromatic heterocycles. The molecular formula is C11H9ClN4O2S2. The molecule has 0 saturated carbocycles. The Morgan fingerprint density at radius 2 is 2.05 bits per heavy atom. The summed E-state index contributed by atoms with van der Waals surface area (Å²) in [5, 5.41) is 0. The molecule has 3 aromatic rings.